The van der Waals surface area contributed by atoms with E-state index in [1.807, 2.05) is 4.90 Å². The Balaban J connectivity index is 1.61. The molecule has 0 spiro atoms. The lowest BCUT2D eigenvalue weighted by atomic mass is 10.1. The van der Waals surface area contributed by atoms with E-state index in [4.69, 9.17) is 9.47 Å². The lowest BCUT2D eigenvalue weighted by molar-refractivity contribution is 0.0631. The van der Waals surface area contributed by atoms with Crippen molar-refractivity contribution in [3.63, 3.8) is 0 Å². The smallest absolute Gasteiger partial charge is 0.254 e. The summed E-state index contributed by atoms with van der Waals surface area (Å²) in [5.41, 5.74) is 0.660. The van der Waals surface area contributed by atoms with Crippen LogP contribution in [0, 0.1) is 5.92 Å². The first-order chi connectivity index (χ1) is 10.7. The topological polar surface area (TPSA) is 42.0 Å². The molecule has 0 bridgehead atoms. The molecule has 1 amide bonds. The molecule has 1 heterocycles. The van der Waals surface area contributed by atoms with Gasteiger partial charge in [0.25, 0.3) is 5.91 Å². The number of hydrogen-bond acceptors (Lipinski definition) is 4. The van der Waals surface area contributed by atoms with E-state index >= 15 is 0 Å². The minimum atomic E-state index is 0.0759. The summed E-state index contributed by atoms with van der Waals surface area (Å²) in [5, 5.41) is 0. The summed E-state index contributed by atoms with van der Waals surface area (Å²) in [7, 11) is 3.18. The van der Waals surface area contributed by atoms with Gasteiger partial charge in [0.1, 0.15) is 0 Å². The van der Waals surface area contributed by atoms with Crippen LogP contribution in [0.2, 0.25) is 0 Å². The number of amides is 1. The van der Waals surface area contributed by atoms with Gasteiger partial charge in [-0.1, -0.05) is 0 Å². The molecule has 5 heteroatoms. The SMILES string of the molecule is COc1ccc(C(=O)N2CCN(CC3CC3)CC2)cc1OC. The van der Waals surface area contributed by atoms with Crippen LogP contribution in [-0.4, -0.2) is 62.7 Å². The van der Waals surface area contributed by atoms with E-state index in [0.29, 0.717) is 17.1 Å². The number of nitrogens with zero attached hydrogens (tertiary/aromatic N) is 2. The lowest BCUT2D eigenvalue weighted by Gasteiger charge is -2.34. The van der Waals surface area contributed by atoms with Crippen LogP contribution in [0.1, 0.15) is 23.2 Å². The van der Waals surface area contributed by atoms with E-state index in [1.54, 1.807) is 32.4 Å². The molecule has 1 aromatic carbocycles. The average Bonchev–Trinajstić information content (AvgIpc) is 3.38. The minimum absolute atomic E-state index is 0.0759. The maximum Gasteiger partial charge on any atom is 0.254 e. The number of ether oxygens (including phenoxy) is 2. The fourth-order valence-electron chi connectivity index (χ4n) is 2.95. The molecule has 3 rings (SSSR count). The van der Waals surface area contributed by atoms with Gasteiger partial charge in [0.15, 0.2) is 11.5 Å². The van der Waals surface area contributed by atoms with Gasteiger partial charge in [-0.05, 0) is 37.0 Å². The summed E-state index contributed by atoms with van der Waals surface area (Å²) in [6.45, 7) is 4.78. The van der Waals surface area contributed by atoms with Crippen LogP contribution in [0.5, 0.6) is 11.5 Å². The first-order valence-corrected chi connectivity index (χ1v) is 7.95. The van der Waals surface area contributed by atoms with Crippen LogP contribution < -0.4 is 9.47 Å². The van der Waals surface area contributed by atoms with Crippen molar-refractivity contribution in [2.45, 2.75) is 12.8 Å². The highest BCUT2D eigenvalue weighted by molar-refractivity contribution is 5.95. The lowest BCUT2D eigenvalue weighted by Crippen LogP contribution is -2.49. The fourth-order valence-corrected chi connectivity index (χ4v) is 2.95. The number of carbonyl (C=O) groups excluding carboxylic acids is 1. The molecule has 1 saturated heterocycles. The number of rotatable bonds is 5. The van der Waals surface area contributed by atoms with Crippen molar-refractivity contribution >= 4 is 5.91 Å². The van der Waals surface area contributed by atoms with Crippen LogP contribution >= 0.6 is 0 Å². The zero-order chi connectivity index (χ0) is 15.5. The van der Waals surface area contributed by atoms with Crippen molar-refractivity contribution in [3.05, 3.63) is 23.8 Å². The summed E-state index contributed by atoms with van der Waals surface area (Å²) < 4.78 is 10.5. The van der Waals surface area contributed by atoms with E-state index in [-0.39, 0.29) is 5.91 Å². The average molecular weight is 304 g/mol. The Labute approximate surface area is 131 Å². The number of methoxy groups -OCH3 is 2. The Kier molecular flexibility index (Phi) is 4.52. The normalized spacial score (nSPS) is 19.1. The summed E-state index contributed by atoms with van der Waals surface area (Å²) in [6.07, 6.45) is 2.76. The molecule has 1 aromatic rings. The summed E-state index contributed by atoms with van der Waals surface area (Å²) in [5.74, 6) is 2.23. The molecule has 2 aliphatic rings. The molecule has 0 N–H and O–H groups in total. The van der Waals surface area contributed by atoms with Crippen LogP contribution in [0.15, 0.2) is 18.2 Å². The maximum atomic E-state index is 12.6. The molecule has 0 atom stereocenters. The van der Waals surface area contributed by atoms with Gasteiger partial charge in [-0.25, -0.2) is 0 Å². The zero-order valence-corrected chi connectivity index (χ0v) is 13.4. The minimum Gasteiger partial charge on any atom is -0.493 e. The Morgan fingerprint density at radius 3 is 2.36 bits per heavy atom. The molecule has 1 saturated carbocycles. The van der Waals surface area contributed by atoms with Crippen molar-refractivity contribution in [1.29, 1.82) is 0 Å². The van der Waals surface area contributed by atoms with Crippen molar-refractivity contribution in [2.75, 3.05) is 46.9 Å². The second-order valence-electron chi connectivity index (χ2n) is 6.11. The molecule has 120 valence electrons. The maximum absolute atomic E-state index is 12.6. The Morgan fingerprint density at radius 2 is 1.77 bits per heavy atom. The fraction of sp³-hybridized carbons (Fsp3) is 0.588. The molecule has 0 aromatic heterocycles. The van der Waals surface area contributed by atoms with E-state index in [2.05, 4.69) is 4.90 Å². The predicted octanol–water partition coefficient (Wildman–Crippen LogP) is 1.87. The van der Waals surface area contributed by atoms with Crippen molar-refractivity contribution in [1.82, 2.24) is 9.80 Å². The standard InChI is InChI=1S/C17H24N2O3/c1-21-15-6-5-14(11-16(15)22-2)17(20)19-9-7-18(8-10-19)12-13-3-4-13/h5-6,11,13H,3-4,7-10,12H2,1-2H3. The quantitative estimate of drug-likeness (QED) is 0.833. The third kappa shape index (κ3) is 3.35. The Morgan fingerprint density at radius 1 is 1.09 bits per heavy atom. The zero-order valence-electron chi connectivity index (χ0n) is 13.4. The van der Waals surface area contributed by atoms with Crippen LogP contribution in [0.3, 0.4) is 0 Å². The molecule has 1 aliphatic heterocycles. The van der Waals surface area contributed by atoms with E-state index in [0.717, 1.165) is 32.1 Å². The molecule has 0 unspecified atom stereocenters. The predicted molar refractivity (Wildman–Crippen MR) is 84.6 cm³/mol. The van der Waals surface area contributed by atoms with E-state index in [9.17, 15) is 4.79 Å². The Hall–Kier alpha value is -1.75. The molecule has 5 nitrogen and oxygen atoms in total. The van der Waals surface area contributed by atoms with Crippen LogP contribution in [0.25, 0.3) is 0 Å². The second kappa shape index (κ2) is 6.57. The van der Waals surface area contributed by atoms with Crippen LogP contribution in [0.4, 0.5) is 0 Å². The van der Waals surface area contributed by atoms with Gasteiger partial charge in [0.2, 0.25) is 0 Å². The summed E-state index contributed by atoms with van der Waals surface area (Å²) in [6, 6.07) is 5.35. The molecular weight excluding hydrogens is 280 g/mol. The molecule has 0 radical (unpaired) electrons. The van der Waals surface area contributed by atoms with Gasteiger partial charge in [0.05, 0.1) is 14.2 Å². The third-order valence-corrected chi connectivity index (χ3v) is 4.50. The van der Waals surface area contributed by atoms with Crippen molar-refractivity contribution < 1.29 is 14.3 Å². The first-order valence-electron chi connectivity index (χ1n) is 7.95. The summed E-state index contributed by atoms with van der Waals surface area (Å²) in [4.78, 5) is 17.0. The molecule has 22 heavy (non-hydrogen) atoms. The number of piperazine rings is 1. The van der Waals surface area contributed by atoms with Crippen molar-refractivity contribution in [3.8, 4) is 11.5 Å². The number of carbonyl (C=O) groups is 1. The molecule has 2 fully saturated rings. The molecule has 1 aliphatic carbocycles. The highest BCUT2D eigenvalue weighted by Gasteiger charge is 2.28. The highest BCUT2D eigenvalue weighted by atomic mass is 16.5. The van der Waals surface area contributed by atoms with E-state index in [1.165, 1.54) is 19.4 Å². The largest absolute Gasteiger partial charge is 0.493 e. The molecular formula is C17H24N2O3. The number of hydrogen-bond donors (Lipinski definition) is 0. The summed E-state index contributed by atoms with van der Waals surface area (Å²) >= 11 is 0. The van der Waals surface area contributed by atoms with Gasteiger partial charge >= 0.3 is 0 Å². The monoisotopic (exact) mass is 304 g/mol. The van der Waals surface area contributed by atoms with Gasteiger partial charge in [-0.15, -0.1) is 0 Å². The van der Waals surface area contributed by atoms with Gasteiger partial charge in [-0.2, -0.15) is 0 Å². The second-order valence-corrected chi connectivity index (χ2v) is 6.11. The van der Waals surface area contributed by atoms with Gasteiger partial charge < -0.3 is 14.4 Å². The Bertz CT molecular complexity index is 535. The first kappa shape index (κ1) is 15.2. The number of benzene rings is 1. The van der Waals surface area contributed by atoms with E-state index < -0.39 is 0 Å². The van der Waals surface area contributed by atoms with Gasteiger partial charge in [0, 0.05) is 38.3 Å². The highest BCUT2D eigenvalue weighted by Crippen LogP contribution is 2.30. The van der Waals surface area contributed by atoms with Crippen molar-refractivity contribution in [2.24, 2.45) is 5.92 Å². The van der Waals surface area contributed by atoms with Gasteiger partial charge in [-0.3, -0.25) is 9.69 Å². The van der Waals surface area contributed by atoms with Crippen LogP contribution in [-0.2, 0) is 0 Å². The third-order valence-electron chi connectivity index (χ3n) is 4.50.